The Hall–Kier alpha value is 0.723. The number of hydrogen-bond acceptors (Lipinski definition) is 4. The normalized spacial score (nSPS) is 12.7. The van der Waals surface area contributed by atoms with Crippen LogP contribution in [-0.4, -0.2) is 60.3 Å². The summed E-state index contributed by atoms with van der Waals surface area (Å²) in [4.78, 5) is 4.91. The first-order valence-corrected chi connectivity index (χ1v) is 10.3. The monoisotopic (exact) mass is 378 g/mol. The Morgan fingerprint density at radius 2 is 0.905 bits per heavy atom. The van der Waals surface area contributed by atoms with Crippen LogP contribution in [-0.2, 0) is 29.7 Å². The Kier molecular flexibility index (Phi) is 12.6. The molecule has 0 unspecified atom stereocenters. The van der Waals surface area contributed by atoms with E-state index in [1.54, 1.807) is 0 Å². The van der Waals surface area contributed by atoms with Gasteiger partial charge in [-0.3, -0.25) is 0 Å². The maximum absolute atomic E-state index is 5.75. The number of hydrogen-bond donors (Lipinski definition) is 0. The van der Waals surface area contributed by atoms with Gasteiger partial charge in [0.05, 0.1) is 0 Å². The molecular formula is C16H36N2O2Zr. The van der Waals surface area contributed by atoms with E-state index in [4.69, 9.17) is 5.63 Å². The van der Waals surface area contributed by atoms with Gasteiger partial charge in [-0.25, -0.2) is 0 Å². The molecule has 0 aliphatic carbocycles. The number of rotatable bonds is 12. The third kappa shape index (κ3) is 10.2. The minimum absolute atomic E-state index is 0.575. The summed E-state index contributed by atoms with van der Waals surface area (Å²) < 4.78 is 11.5. The van der Waals surface area contributed by atoms with Gasteiger partial charge >= 0.3 is 145 Å². The third-order valence-corrected chi connectivity index (χ3v) is 5.26. The molecule has 0 saturated heterocycles. The number of nitrogens with zero attached hydrogens (tertiary/aromatic N) is 2. The van der Waals surface area contributed by atoms with E-state index in [0.717, 1.165) is 26.3 Å². The molecule has 0 aromatic carbocycles. The van der Waals surface area contributed by atoms with E-state index in [0.29, 0.717) is 24.2 Å². The molecule has 0 radical (unpaired) electrons. The van der Waals surface area contributed by atoms with Crippen molar-refractivity contribution < 1.29 is 29.7 Å². The SMILES string of the molecule is CC(C)N(CC[O][Zr][O]CCN(C(C)C)C(C)C)C(C)C. The van der Waals surface area contributed by atoms with Gasteiger partial charge in [-0.2, -0.15) is 0 Å². The Morgan fingerprint density at radius 1 is 0.619 bits per heavy atom. The topological polar surface area (TPSA) is 24.9 Å². The molecular weight excluding hydrogens is 343 g/mol. The quantitative estimate of drug-likeness (QED) is 0.486. The van der Waals surface area contributed by atoms with E-state index < -0.39 is 24.1 Å². The van der Waals surface area contributed by atoms with Crippen LogP contribution in [0.15, 0.2) is 0 Å². The minimum atomic E-state index is -1.10. The molecule has 5 heteroatoms. The van der Waals surface area contributed by atoms with Crippen LogP contribution in [0.1, 0.15) is 55.4 Å². The summed E-state index contributed by atoms with van der Waals surface area (Å²) in [5.41, 5.74) is 0. The predicted octanol–water partition coefficient (Wildman–Crippen LogP) is 3.17. The van der Waals surface area contributed by atoms with Crippen LogP contribution in [0.2, 0.25) is 0 Å². The first-order chi connectivity index (χ1) is 9.77. The van der Waals surface area contributed by atoms with E-state index in [1.807, 2.05) is 0 Å². The molecule has 126 valence electrons. The molecule has 0 aromatic rings. The van der Waals surface area contributed by atoms with Crippen molar-refractivity contribution in [1.29, 1.82) is 0 Å². The van der Waals surface area contributed by atoms with Gasteiger partial charge in [0, 0.05) is 0 Å². The Balaban J connectivity index is 3.68. The van der Waals surface area contributed by atoms with Crippen molar-refractivity contribution in [3.05, 3.63) is 0 Å². The fourth-order valence-corrected chi connectivity index (χ4v) is 3.72. The molecule has 0 rings (SSSR count). The van der Waals surface area contributed by atoms with Crippen LogP contribution in [0, 0.1) is 0 Å². The van der Waals surface area contributed by atoms with E-state index in [-0.39, 0.29) is 0 Å². The third-order valence-electron chi connectivity index (χ3n) is 3.67. The van der Waals surface area contributed by atoms with Gasteiger partial charge in [0.25, 0.3) is 0 Å². The fraction of sp³-hybridized carbons (Fsp3) is 1.00. The van der Waals surface area contributed by atoms with Gasteiger partial charge in [-0.15, -0.1) is 0 Å². The van der Waals surface area contributed by atoms with E-state index >= 15 is 0 Å². The van der Waals surface area contributed by atoms with Gasteiger partial charge in [-0.1, -0.05) is 0 Å². The van der Waals surface area contributed by atoms with Crippen LogP contribution in [0.25, 0.3) is 0 Å². The van der Waals surface area contributed by atoms with Crippen molar-refractivity contribution in [2.24, 2.45) is 0 Å². The second kappa shape index (κ2) is 12.2. The first-order valence-electron chi connectivity index (χ1n) is 8.27. The second-order valence-corrected chi connectivity index (χ2v) is 8.46. The maximum atomic E-state index is 5.75. The van der Waals surface area contributed by atoms with E-state index in [9.17, 15) is 0 Å². The average Bonchev–Trinajstić information content (AvgIpc) is 2.34. The summed E-state index contributed by atoms with van der Waals surface area (Å²) >= 11 is -1.10. The fourth-order valence-electron chi connectivity index (χ4n) is 2.65. The van der Waals surface area contributed by atoms with Crippen molar-refractivity contribution in [3.8, 4) is 0 Å². The zero-order valence-electron chi connectivity index (χ0n) is 15.3. The Bertz CT molecular complexity index is 208. The van der Waals surface area contributed by atoms with Gasteiger partial charge in [0.1, 0.15) is 0 Å². The van der Waals surface area contributed by atoms with Gasteiger partial charge < -0.3 is 0 Å². The molecule has 0 heterocycles. The van der Waals surface area contributed by atoms with Crippen molar-refractivity contribution in [2.45, 2.75) is 79.6 Å². The molecule has 4 nitrogen and oxygen atoms in total. The standard InChI is InChI=1S/2C8H18NO.Zr/c2*1-7(2)9(5-6-10)8(3)4;/h2*7-8H,5-6H2,1-4H3;/q2*-1;+2. The molecule has 0 aliphatic rings. The van der Waals surface area contributed by atoms with E-state index in [2.05, 4.69) is 65.2 Å². The molecule has 21 heavy (non-hydrogen) atoms. The average molecular weight is 380 g/mol. The van der Waals surface area contributed by atoms with Gasteiger partial charge in [0.2, 0.25) is 0 Å². The molecule has 0 saturated carbocycles. The van der Waals surface area contributed by atoms with Crippen LogP contribution in [0.3, 0.4) is 0 Å². The molecule has 0 amide bonds. The summed E-state index contributed by atoms with van der Waals surface area (Å²) in [5.74, 6) is 0. The van der Waals surface area contributed by atoms with Gasteiger partial charge in [-0.05, 0) is 0 Å². The molecule has 0 bridgehead atoms. The molecule has 0 atom stereocenters. The van der Waals surface area contributed by atoms with Gasteiger partial charge in [0.15, 0.2) is 0 Å². The van der Waals surface area contributed by atoms with Crippen molar-refractivity contribution in [2.75, 3.05) is 26.3 Å². The summed E-state index contributed by atoms with van der Waals surface area (Å²) in [6, 6.07) is 2.30. The van der Waals surface area contributed by atoms with Crippen molar-refractivity contribution >= 4 is 0 Å². The molecule has 0 N–H and O–H groups in total. The Morgan fingerprint density at radius 3 is 1.14 bits per heavy atom. The van der Waals surface area contributed by atoms with E-state index in [1.165, 1.54) is 0 Å². The molecule has 0 aliphatic heterocycles. The van der Waals surface area contributed by atoms with Crippen molar-refractivity contribution in [3.63, 3.8) is 0 Å². The zero-order valence-corrected chi connectivity index (χ0v) is 17.8. The van der Waals surface area contributed by atoms with Crippen LogP contribution >= 0.6 is 0 Å². The summed E-state index contributed by atoms with van der Waals surface area (Å²) in [6.07, 6.45) is 0. The van der Waals surface area contributed by atoms with Crippen LogP contribution < -0.4 is 0 Å². The van der Waals surface area contributed by atoms with Crippen LogP contribution in [0.5, 0.6) is 0 Å². The second-order valence-electron chi connectivity index (χ2n) is 6.63. The summed E-state index contributed by atoms with van der Waals surface area (Å²) in [7, 11) is 0. The molecule has 0 spiro atoms. The summed E-state index contributed by atoms with van der Waals surface area (Å²) in [5, 5.41) is 0. The summed E-state index contributed by atoms with van der Waals surface area (Å²) in [6.45, 7) is 21.5. The molecule has 0 aromatic heterocycles. The van der Waals surface area contributed by atoms with Crippen molar-refractivity contribution in [1.82, 2.24) is 9.80 Å². The molecule has 0 fully saturated rings. The zero-order chi connectivity index (χ0) is 16.4. The first kappa shape index (κ1) is 21.7. The van der Waals surface area contributed by atoms with Crippen LogP contribution in [0.4, 0.5) is 0 Å². The predicted molar refractivity (Wildman–Crippen MR) is 85.9 cm³/mol. The Labute approximate surface area is 145 Å².